The van der Waals surface area contributed by atoms with Crippen LogP contribution in [0.3, 0.4) is 0 Å². The van der Waals surface area contributed by atoms with Crippen molar-refractivity contribution in [1.82, 2.24) is 4.98 Å². The second-order valence-corrected chi connectivity index (χ2v) is 6.35. The second-order valence-electron chi connectivity index (χ2n) is 5.20. The standard InChI is InChI=1S/C15H17NO5S/c1-6-7(2)9(4)13-12(8(6)3)16-15(21-13)22-10(14(19)20)5-11(17)18/h10H,5H2,1-4H3,(H,17,18)(H,19,20). The fourth-order valence-corrected chi connectivity index (χ4v) is 3.07. The molecule has 22 heavy (non-hydrogen) atoms. The van der Waals surface area contributed by atoms with Crippen molar-refractivity contribution in [2.75, 3.05) is 0 Å². The lowest BCUT2D eigenvalue weighted by Gasteiger charge is -2.08. The highest BCUT2D eigenvalue weighted by Crippen LogP contribution is 2.34. The fourth-order valence-electron chi connectivity index (χ4n) is 2.23. The molecule has 118 valence electrons. The summed E-state index contributed by atoms with van der Waals surface area (Å²) in [5.41, 5.74) is 5.50. The Morgan fingerprint density at radius 1 is 1.09 bits per heavy atom. The van der Waals surface area contributed by atoms with E-state index in [0.29, 0.717) is 11.1 Å². The Bertz CT molecular complexity index is 720. The number of rotatable bonds is 5. The summed E-state index contributed by atoms with van der Waals surface area (Å²) in [6.07, 6.45) is -0.491. The molecule has 0 saturated carbocycles. The van der Waals surface area contributed by atoms with Crippen LogP contribution in [0.2, 0.25) is 0 Å². The van der Waals surface area contributed by atoms with Crippen LogP contribution >= 0.6 is 11.8 Å². The molecule has 2 rings (SSSR count). The van der Waals surface area contributed by atoms with Crippen molar-refractivity contribution in [3.63, 3.8) is 0 Å². The third-order valence-electron chi connectivity index (χ3n) is 3.87. The van der Waals surface area contributed by atoms with Gasteiger partial charge >= 0.3 is 11.9 Å². The molecule has 0 spiro atoms. The highest BCUT2D eigenvalue weighted by atomic mass is 32.2. The lowest BCUT2D eigenvalue weighted by atomic mass is 9.98. The molecule has 1 unspecified atom stereocenters. The summed E-state index contributed by atoms with van der Waals surface area (Å²) in [5, 5.41) is 16.9. The van der Waals surface area contributed by atoms with Crippen LogP contribution in [0.25, 0.3) is 11.1 Å². The molecule has 0 radical (unpaired) electrons. The first kappa shape index (κ1) is 16.4. The number of aromatic nitrogens is 1. The summed E-state index contributed by atoms with van der Waals surface area (Å²) < 4.78 is 5.67. The predicted molar refractivity (Wildman–Crippen MR) is 82.5 cm³/mol. The van der Waals surface area contributed by atoms with Gasteiger partial charge in [0.05, 0.1) is 6.42 Å². The highest BCUT2D eigenvalue weighted by Gasteiger charge is 2.26. The van der Waals surface area contributed by atoms with E-state index in [4.69, 9.17) is 14.6 Å². The van der Waals surface area contributed by atoms with Crippen molar-refractivity contribution in [2.45, 2.75) is 44.6 Å². The van der Waals surface area contributed by atoms with E-state index in [-0.39, 0.29) is 5.22 Å². The number of carbonyl (C=O) groups is 2. The zero-order valence-electron chi connectivity index (χ0n) is 12.8. The van der Waals surface area contributed by atoms with Crippen LogP contribution < -0.4 is 0 Å². The number of carboxylic acids is 2. The quantitative estimate of drug-likeness (QED) is 0.815. The molecular formula is C15H17NO5S. The van der Waals surface area contributed by atoms with E-state index in [1.165, 1.54) is 0 Å². The van der Waals surface area contributed by atoms with E-state index in [1.807, 2.05) is 27.7 Å². The van der Waals surface area contributed by atoms with E-state index in [2.05, 4.69) is 4.98 Å². The summed E-state index contributed by atoms with van der Waals surface area (Å²) in [7, 11) is 0. The summed E-state index contributed by atoms with van der Waals surface area (Å²) in [5.74, 6) is -2.37. The summed E-state index contributed by atoms with van der Waals surface area (Å²) in [6.45, 7) is 7.86. The van der Waals surface area contributed by atoms with E-state index < -0.39 is 23.6 Å². The normalized spacial score (nSPS) is 12.5. The molecule has 1 aromatic carbocycles. The monoisotopic (exact) mass is 323 g/mol. The smallest absolute Gasteiger partial charge is 0.317 e. The first-order valence-corrected chi connectivity index (χ1v) is 7.58. The number of hydrogen-bond donors (Lipinski definition) is 2. The fraction of sp³-hybridized carbons (Fsp3) is 0.400. The molecule has 0 aliphatic carbocycles. The van der Waals surface area contributed by atoms with Gasteiger partial charge in [0.2, 0.25) is 0 Å². The molecular weight excluding hydrogens is 306 g/mol. The zero-order valence-corrected chi connectivity index (χ0v) is 13.6. The van der Waals surface area contributed by atoms with Crippen molar-refractivity contribution < 1.29 is 24.2 Å². The minimum Gasteiger partial charge on any atom is -0.481 e. The van der Waals surface area contributed by atoms with E-state index >= 15 is 0 Å². The number of hydrogen-bond acceptors (Lipinski definition) is 5. The SMILES string of the molecule is Cc1c(C)c(C)c2oc(SC(CC(=O)O)C(=O)O)nc2c1C. The molecule has 1 atom stereocenters. The number of aliphatic carboxylic acids is 2. The van der Waals surface area contributed by atoms with Gasteiger partial charge in [-0.2, -0.15) is 0 Å². The maximum absolute atomic E-state index is 11.1. The number of thioether (sulfide) groups is 1. The number of fused-ring (bicyclic) bond motifs is 1. The van der Waals surface area contributed by atoms with Gasteiger partial charge in [-0.1, -0.05) is 11.8 Å². The average Bonchev–Trinajstić information content (AvgIpc) is 2.85. The molecule has 6 nitrogen and oxygen atoms in total. The van der Waals surface area contributed by atoms with Crippen LogP contribution in [-0.2, 0) is 9.59 Å². The number of oxazole rings is 1. The molecule has 7 heteroatoms. The number of carboxylic acid groups (broad SMARTS) is 2. The number of benzene rings is 1. The largest absolute Gasteiger partial charge is 0.481 e. The number of nitrogens with zero attached hydrogens (tertiary/aromatic N) is 1. The topological polar surface area (TPSA) is 101 Å². The average molecular weight is 323 g/mol. The second kappa shape index (κ2) is 6.00. The predicted octanol–water partition coefficient (Wildman–Crippen LogP) is 3.08. The Hall–Kier alpha value is -2.02. The van der Waals surface area contributed by atoms with Crippen LogP contribution in [0.15, 0.2) is 9.64 Å². The molecule has 0 bridgehead atoms. The Labute approximate surface area is 131 Å². The van der Waals surface area contributed by atoms with Gasteiger partial charge in [0.25, 0.3) is 5.22 Å². The van der Waals surface area contributed by atoms with Gasteiger partial charge < -0.3 is 14.6 Å². The minimum absolute atomic E-state index is 0.180. The van der Waals surface area contributed by atoms with Crippen molar-refractivity contribution in [3.8, 4) is 0 Å². The minimum atomic E-state index is -1.20. The number of aryl methyl sites for hydroxylation is 2. The molecule has 0 fully saturated rings. The summed E-state index contributed by atoms with van der Waals surface area (Å²) >= 11 is 0.822. The van der Waals surface area contributed by atoms with Gasteiger partial charge in [0.15, 0.2) is 5.58 Å². The molecule has 1 heterocycles. The summed E-state index contributed by atoms with van der Waals surface area (Å²) in [6, 6.07) is 0. The van der Waals surface area contributed by atoms with E-state index in [1.54, 1.807) is 0 Å². The van der Waals surface area contributed by atoms with Crippen LogP contribution in [0, 0.1) is 27.7 Å². The van der Waals surface area contributed by atoms with Crippen molar-refractivity contribution in [3.05, 3.63) is 22.3 Å². The Balaban J connectivity index is 2.45. The third-order valence-corrected chi connectivity index (χ3v) is 4.90. The van der Waals surface area contributed by atoms with Gasteiger partial charge in [-0.3, -0.25) is 9.59 Å². The van der Waals surface area contributed by atoms with Crippen molar-refractivity contribution in [2.24, 2.45) is 0 Å². The van der Waals surface area contributed by atoms with Gasteiger partial charge in [-0.25, -0.2) is 4.98 Å². The van der Waals surface area contributed by atoms with Gasteiger partial charge in [-0.05, 0) is 49.9 Å². The van der Waals surface area contributed by atoms with Crippen molar-refractivity contribution in [1.29, 1.82) is 0 Å². The molecule has 0 aliphatic heterocycles. The first-order valence-electron chi connectivity index (χ1n) is 6.70. The van der Waals surface area contributed by atoms with Gasteiger partial charge in [0, 0.05) is 0 Å². The van der Waals surface area contributed by atoms with Gasteiger partial charge in [-0.15, -0.1) is 0 Å². The lowest BCUT2D eigenvalue weighted by molar-refractivity contribution is -0.142. The van der Waals surface area contributed by atoms with E-state index in [9.17, 15) is 9.59 Å². The molecule has 0 amide bonds. The van der Waals surface area contributed by atoms with E-state index in [0.717, 1.165) is 34.0 Å². The zero-order chi connectivity index (χ0) is 16.6. The van der Waals surface area contributed by atoms with Crippen LogP contribution in [0.4, 0.5) is 0 Å². The maximum atomic E-state index is 11.1. The van der Waals surface area contributed by atoms with Crippen molar-refractivity contribution >= 4 is 34.8 Å². The first-order chi connectivity index (χ1) is 10.2. The Morgan fingerprint density at radius 2 is 1.68 bits per heavy atom. The Morgan fingerprint density at radius 3 is 2.23 bits per heavy atom. The summed E-state index contributed by atoms with van der Waals surface area (Å²) in [4.78, 5) is 26.2. The van der Waals surface area contributed by atoms with Gasteiger partial charge in [0.1, 0.15) is 10.8 Å². The lowest BCUT2D eigenvalue weighted by Crippen LogP contribution is -2.20. The molecule has 1 aromatic heterocycles. The van der Waals surface area contributed by atoms with Crippen LogP contribution in [-0.4, -0.2) is 32.4 Å². The Kier molecular flexibility index (Phi) is 4.46. The maximum Gasteiger partial charge on any atom is 0.317 e. The highest BCUT2D eigenvalue weighted by molar-refractivity contribution is 8.00. The van der Waals surface area contributed by atoms with Crippen LogP contribution in [0.5, 0.6) is 0 Å². The molecule has 0 saturated heterocycles. The third kappa shape index (κ3) is 2.94. The molecule has 2 aromatic rings. The molecule has 2 N–H and O–H groups in total. The molecule has 0 aliphatic rings. The van der Waals surface area contributed by atoms with Crippen LogP contribution in [0.1, 0.15) is 28.7 Å².